The van der Waals surface area contributed by atoms with Gasteiger partial charge in [0.1, 0.15) is 5.69 Å². The van der Waals surface area contributed by atoms with Crippen LogP contribution in [0.3, 0.4) is 0 Å². The summed E-state index contributed by atoms with van der Waals surface area (Å²) in [5.74, 6) is -0.00926. The minimum absolute atomic E-state index is 0.00926. The summed E-state index contributed by atoms with van der Waals surface area (Å²) in [7, 11) is 1.88. The maximum Gasteiger partial charge on any atom is 0.274 e. The van der Waals surface area contributed by atoms with E-state index in [9.17, 15) is 4.79 Å². The van der Waals surface area contributed by atoms with Gasteiger partial charge in [-0.05, 0) is 12.8 Å². The van der Waals surface area contributed by atoms with E-state index in [1.807, 2.05) is 11.9 Å². The van der Waals surface area contributed by atoms with Crippen molar-refractivity contribution >= 4 is 5.91 Å². The molecule has 17 heavy (non-hydrogen) atoms. The SMILES string of the molecule is CN(C(=O)c1cnccn1)C1CCCCCC1. The quantitative estimate of drug-likeness (QED) is 0.736. The molecule has 1 aliphatic rings. The van der Waals surface area contributed by atoms with E-state index >= 15 is 0 Å². The minimum Gasteiger partial charge on any atom is -0.337 e. The highest BCUT2D eigenvalue weighted by atomic mass is 16.2. The van der Waals surface area contributed by atoms with E-state index in [1.165, 1.54) is 31.9 Å². The predicted octanol–water partition coefficient (Wildman–Crippen LogP) is 2.27. The molecular weight excluding hydrogens is 214 g/mol. The molecular formula is C13H19N3O. The van der Waals surface area contributed by atoms with Gasteiger partial charge >= 0.3 is 0 Å². The predicted molar refractivity (Wildman–Crippen MR) is 65.6 cm³/mol. The van der Waals surface area contributed by atoms with Crippen molar-refractivity contribution in [1.29, 1.82) is 0 Å². The Balaban J connectivity index is 2.03. The number of carbonyl (C=O) groups is 1. The van der Waals surface area contributed by atoms with Crippen LogP contribution in [0.2, 0.25) is 0 Å². The molecule has 2 rings (SSSR count). The Bertz CT molecular complexity index is 358. The zero-order chi connectivity index (χ0) is 12.1. The van der Waals surface area contributed by atoms with Crippen LogP contribution in [-0.4, -0.2) is 33.9 Å². The highest BCUT2D eigenvalue weighted by Gasteiger charge is 2.22. The number of rotatable bonds is 2. The Morgan fingerprint density at radius 2 is 1.94 bits per heavy atom. The van der Waals surface area contributed by atoms with Gasteiger partial charge in [0.25, 0.3) is 5.91 Å². The van der Waals surface area contributed by atoms with Crippen LogP contribution in [0.15, 0.2) is 18.6 Å². The first-order valence-electron chi connectivity index (χ1n) is 6.32. The lowest BCUT2D eigenvalue weighted by molar-refractivity contribution is 0.0711. The van der Waals surface area contributed by atoms with Gasteiger partial charge in [-0.3, -0.25) is 9.78 Å². The number of hydrogen-bond donors (Lipinski definition) is 0. The molecule has 1 saturated carbocycles. The lowest BCUT2D eigenvalue weighted by Crippen LogP contribution is -2.37. The highest BCUT2D eigenvalue weighted by Crippen LogP contribution is 2.21. The van der Waals surface area contributed by atoms with Crippen LogP contribution in [-0.2, 0) is 0 Å². The molecule has 0 saturated heterocycles. The number of hydrogen-bond acceptors (Lipinski definition) is 3. The topological polar surface area (TPSA) is 46.1 Å². The summed E-state index contributed by atoms with van der Waals surface area (Å²) in [4.78, 5) is 22.0. The van der Waals surface area contributed by atoms with Crippen LogP contribution in [0.1, 0.15) is 49.0 Å². The van der Waals surface area contributed by atoms with Crippen LogP contribution in [0.4, 0.5) is 0 Å². The van der Waals surface area contributed by atoms with Crippen molar-refractivity contribution in [3.05, 3.63) is 24.3 Å². The van der Waals surface area contributed by atoms with Gasteiger partial charge in [-0.1, -0.05) is 25.7 Å². The molecule has 1 amide bonds. The van der Waals surface area contributed by atoms with Crippen LogP contribution < -0.4 is 0 Å². The zero-order valence-corrected chi connectivity index (χ0v) is 10.3. The Morgan fingerprint density at radius 3 is 2.53 bits per heavy atom. The van der Waals surface area contributed by atoms with Crippen LogP contribution in [0.25, 0.3) is 0 Å². The van der Waals surface area contributed by atoms with Crippen molar-refractivity contribution in [1.82, 2.24) is 14.9 Å². The van der Waals surface area contributed by atoms with Gasteiger partial charge in [-0.2, -0.15) is 0 Å². The smallest absolute Gasteiger partial charge is 0.274 e. The van der Waals surface area contributed by atoms with Crippen molar-refractivity contribution in [2.45, 2.75) is 44.6 Å². The third kappa shape index (κ3) is 3.02. The van der Waals surface area contributed by atoms with E-state index in [4.69, 9.17) is 0 Å². The van der Waals surface area contributed by atoms with Crippen molar-refractivity contribution in [3.63, 3.8) is 0 Å². The molecule has 1 fully saturated rings. The Hall–Kier alpha value is -1.45. The highest BCUT2D eigenvalue weighted by molar-refractivity contribution is 5.91. The average Bonchev–Trinajstić information content (AvgIpc) is 2.67. The Labute approximate surface area is 102 Å². The third-order valence-corrected chi connectivity index (χ3v) is 3.48. The molecule has 0 spiro atoms. The monoisotopic (exact) mass is 233 g/mol. The molecule has 1 aromatic rings. The van der Waals surface area contributed by atoms with Gasteiger partial charge in [0.2, 0.25) is 0 Å². The molecule has 1 aliphatic carbocycles. The molecule has 1 aromatic heterocycles. The van der Waals surface area contributed by atoms with E-state index in [0.29, 0.717) is 11.7 Å². The van der Waals surface area contributed by atoms with Gasteiger partial charge in [0.15, 0.2) is 0 Å². The summed E-state index contributed by atoms with van der Waals surface area (Å²) in [6.07, 6.45) is 12.0. The fourth-order valence-electron chi connectivity index (χ4n) is 2.40. The molecule has 0 aliphatic heterocycles. The number of aromatic nitrogens is 2. The van der Waals surface area contributed by atoms with Gasteiger partial charge in [-0.15, -0.1) is 0 Å². The van der Waals surface area contributed by atoms with Crippen LogP contribution in [0.5, 0.6) is 0 Å². The number of nitrogens with zero attached hydrogens (tertiary/aromatic N) is 3. The third-order valence-electron chi connectivity index (χ3n) is 3.48. The first kappa shape index (κ1) is 12.0. The molecule has 92 valence electrons. The molecule has 0 N–H and O–H groups in total. The first-order valence-corrected chi connectivity index (χ1v) is 6.32. The van der Waals surface area contributed by atoms with Crippen LogP contribution >= 0.6 is 0 Å². The Morgan fingerprint density at radius 1 is 1.24 bits per heavy atom. The maximum absolute atomic E-state index is 12.2. The van der Waals surface area contributed by atoms with E-state index in [1.54, 1.807) is 12.4 Å². The van der Waals surface area contributed by atoms with Crippen molar-refractivity contribution < 1.29 is 4.79 Å². The molecule has 0 unspecified atom stereocenters. The second-order valence-electron chi connectivity index (χ2n) is 4.65. The Kier molecular flexibility index (Phi) is 4.07. The van der Waals surface area contributed by atoms with Gasteiger partial charge in [0.05, 0.1) is 6.20 Å². The molecule has 4 nitrogen and oxygen atoms in total. The summed E-state index contributed by atoms with van der Waals surface area (Å²) >= 11 is 0. The average molecular weight is 233 g/mol. The maximum atomic E-state index is 12.2. The second-order valence-corrected chi connectivity index (χ2v) is 4.65. The van der Waals surface area contributed by atoms with Crippen LogP contribution in [0, 0.1) is 0 Å². The summed E-state index contributed by atoms with van der Waals surface area (Å²) in [6.45, 7) is 0. The lowest BCUT2D eigenvalue weighted by atomic mass is 10.1. The van der Waals surface area contributed by atoms with Gasteiger partial charge < -0.3 is 4.90 Å². The first-order chi connectivity index (χ1) is 8.29. The summed E-state index contributed by atoms with van der Waals surface area (Å²) < 4.78 is 0. The second kappa shape index (κ2) is 5.75. The number of amides is 1. The standard InChI is InChI=1S/C13H19N3O/c1-16(11-6-4-2-3-5-7-11)13(17)12-10-14-8-9-15-12/h8-11H,2-7H2,1H3. The van der Waals surface area contributed by atoms with Gasteiger partial charge in [0, 0.05) is 25.5 Å². The largest absolute Gasteiger partial charge is 0.337 e. The summed E-state index contributed by atoms with van der Waals surface area (Å²) in [6, 6.07) is 0.368. The molecule has 0 bridgehead atoms. The molecule has 0 aromatic carbocycles. The van der Waals surface area contributed by atoms with E-state index < -0.39 is 0 Å². The lowest BCUT2D eigenvalue weighted by Gasteiger charge is -2.26. The minimum atomic E-state index is -0.00926. The van der Waals surface area contributed by atoms with E-state index in [0.717, 1.165) is 12.8 Å². The molecule has 0 radical (unpaired) electrons. The summed E-state index contributed by atoms with van der Waals surface area (Å²) in [5.41, 5.74) is 0.444. The molecule has 0 atom stereocenters. The molecule has 1 heterocycles. The van der Waals surface area contributed by atoms with Crippen molar-refractivity contribution in [2.75, 3.05) is 7.05 Å². The zero-order valence-electron chi connectivity index (χ0n) is 10.3. The normalized spacial score (nSPS) is 17.5. The van der Waals surface area contributed by atoms with Crippen molar-refractivity contribution in [2.24, 2.45) is 0 Å². The fraction of sp³-hybridized carbons (Fsp3) is 0.615. The fourth-order valence-corrected chi connectivity index (χ4v) is 2.40. The van der Waals surface area contributed by atoms with E-state index in [-0.39, 0.29) is 5.91 Å². The van der Waals surface area contributed by atoms with Crippen molar-refractivity contribution in [3.8, 4) is 0 Å². The number of carbonyl (C=O) groups excluding carboxylic acids is 1. The summed E-state index contributed by atoms with van der Waals surface area (Å²) in [5, 5.41) is 0. The van der Waals surface area contributed by atoms with E-state index in [2.05, 4.69) is 9.97 Å². The molecule has 4 heteroatoms. The van der Waals surface area contributed by atoms with Gasteiger partial charge in [-0.25, -0.2) is 4.98 Å².